The summed E-state index contributed by atoms with van der Waals surface area (Å²) in [6.07, 6.45) is 0.636. The first-order chi connectivity index (χ1) is 16.4. The molecule has 34 heavy (non-hydrogen) atoms. The average Bonchev–Trinajstić information content (AvgIpc) is 3.27. The van der Waals surface area contributed by atoms with E-state index in [1.165, 1.54) is 11.3 Å². The van der Waals surface area contributed by atoms with Crippen molar-refractivity contribution in [3.63, 3.8) is 0 Å². The molecule has 2 amide bonds. The Labute approximate surface area is 200 Å². The Morgan fingerprint density at radius 1 is 1.06 bits per heavy atom. The molecule has 1 heterocycles. The van der Waals surface area contributed by atoms with Gasteiger partial charge in [-0.05, 0) is 35.1 Å². The van der Waals surface area contributed by atoms with Gasteiger partial charge in [0.25, 0.3) is 5.91 Å². The summed E-state index contributed by atoms with van der Waals surface area (Å²) in [5, 5.41) is 16.6. The average molecular weight is 478 g/mol. The van der Waals surface area contributed by atoms with E-state index in [4.69, 9.17) is 9.84 Å². The third-order valence-corrected chi connectivity index (χ3v) is 7.08. The Bertz CT molecular complexity index is 1220. The number of carbonyl (C=O) groups excluding carboxylic acids is 2. The monoisotopic (exact) mass is 477 g/mol. The Morgan fingerprint density at radius 2 is 1.71 bits per heavy atom. The van der Waals surface area contributed by atoms with Crippen LogP contribution in [0.2, 0.25) is 0 Å². The minimum atomic E-state index is -0.941. The largest absolute Gasteiger partial charge is 0.481 e. The molecule has 1 saturated carbocycles. The molecule has 2 aromatic carbocycles. The number of aliphatic carboxylic acids is 1. The van der Waals surface area contributed by atoms with E-state index in [0.717, 1.165) is 22.3 Å². The Morgan fingerprint density at radius 3 is 2.32 bits per heavy atom. The number of thiazole rings is 1. The van der Waals surface area contributed by atoms with Gasteiger partial charge in [-0.1, -0.05) is 48.5 Å². The zero-order valence-corrected chi connectivity index (χ0v) is 19.1. The second kappa shape index (κ2) is 8.90. The molecular weight excluding hydrogens is 454 g/mol. The summed E-state index contributed by atoms with van der Waals surface area (Å²) in [5.41, 5.74) is 4.17. The first kappa shape index (κ1) is 22.1. The molecule has 8 nitrogen and oxygen atoms in total. The highest BCUT2D eigenvalue weighted by atomic mass is 32.1. The number of carboxylic acid groups (broad SMARTS) is 1. The van der Waals surface area contributed by atoms with Crippen LogP contribution < -0.4 is 10.6 Å². The molecule has 3 N–H and O–H groups in total. The zero-order valence-electron chi connectivity index (χ0n) is 18.2. The lowest BCUT2D eigenvalue weighted by Crippen LogP contribution is -2.38. The molecule has 0 atom stereocenters. The number of hydrogen-bond acceptors (Lipinski definition) is 6. The summed E-state index contributed by atoms with van der Waals surface area (Å²) < 4.78 is 5.52. The molecule has 1 aromatic heterocycles. The lowest BCUT2D eigenvalue weighted by molar-refractivity contribution is -0.137. The second-order valence-electron chi connectivity index (χ2n) is 8.61. The highest BCUT2D eigenvalue weighted by molar-refractivity contribution is 7.09. The molecule has 0 saturated heterocycles. The maximum absolute atomic E-state index is 12.4. The number of amides is 2. The van der Waals surface area contributed by atoms with Gasteiger partial charge in [-0.3, -0.25) is 9.59 Å². The Balaban J connectivity index is 1.14. The fourth-order valence-corrected chi connectivity index (χ4v) is 5.10. The van der Waals surface area contributed by atoms with Gasteiger partial charge in [-0.15, -0.1) is 11.3 Å². The normalized spacial score (nSPS) is 15.2. The number of nitrogens with one attached hydrogen (secondary N) is 2. The van der Waals surface area contributed by atoms with Gasteiger partial charge in [-0.25, -0.2) is 9.78 Å². The maximum Gasteiger partial charge on any atom is 0.407 e. The summed E-state index contributed by atoms with van der Waals surface area (Å²) >= 11 is 1.25. The highest BCUT2D eigenvalue weighted by Gasteiger charge is 2.46. The van der Waals surface area contributed by atoms with Crippen LogP contribution in [-0.2, 0) is 16.1 Å². The van der Waals surface area contributed by atoms with E-state index >= 15 is 0 Å². The minimum absolute atomic E-state index is 0.0196. The van der Waals surface area contributed by atoms with E-state index < -0.39 is 23.5 Å². The first-order valence-corrected chi connectivity index (χ1v) is 11.9. The second-order valence-corrected chi connectivity index (χ2v) is 9.55. The summed E-state index contributed by atoms with van der Waals surface area (Å²) in [5.74, 6) is -1.36. The molecule has 0 bridgehead atoms. The zero-order chi connectivity index (χ0) is 23.7. The van der Waals surface area contributed by atoms with Crippen molar-refractivity contribution in [1.29, 1.82) is 0 Å². The van der Waals surface area contributed by atoms with Crippen molar-refractivity contribution in [3.05, 3.63) is 75.7 Å². The van der Waals surface area contributed by atoms with E-state index in [0.29, 0.717) is 17.8 Å². The summed E-state index contributed by atoms with van der Waals surface area (Å²) in [6, 6.07) is 16.3. The number of benzene rings is 2. The molecular formula is C25H23N3O5S. The van der Waals surface area contributed by atoms with Gasteiger partial charge < -0.3 is 20.5 Å². The van der Waals surface area contributed by atoms with Crippen molar-refractivity contribution >= 4 is 29.3 Å². The predicted octanol–water partition coefficient (Wildman–Crippen LogP) is 3.92. The minimum Gasteiger partial charge on any atom is -0.481 e. The molecule has 9 heteroatoms. The van der Waals surface area contributed by atoms with E-state index in [-0.39, 0.29) is 31.2 Å². The highest BCUT2D eigenvalue weighted by Crippen LogP contribution is 2.44. The third kappa shape index (κ3) is 4.51. The number of fused-ring (bicyclic) bond motifs is 3. The number of rotatable bonds is 8. The number of nitrogens with zero attached hydrogens (tertiary/aromatic N) is 1. The van der Waals surface area contributed by atoms with Gasteiger partial charge in [0.1, 0.15) is 17.3 Å². The van der Waals surface area contributed by atoms with Crippen molar-refractivity contribution in [2.75, 3.05) is 6.61 Å². The number of ether oxygens (including phenoxy) is 1. The van der Waals surface area contributed by atoms with Gasteiger partial charge in [0.15, 0.2) is 0 Å². The van der Waals surface area contributed by atoms with Gasteiger partial charge in [0.2, 0.25) is 0 Å². The lowest BCUT2D eigenvalue weighted by Gasteiger charge is -2.14. The summed E-state index contributed by atoms with van der Waals surface area (Å²) in [6.45, 7) is 0.353. The van der Waals surface area contributed by atoms with Gasteiger partial charge in [-0.2, -0.15) is 0 Å². The quantitative estimate of drug-likeness (QED) is 0.453. The number of aromatic nitrogens is 1. The van der Waals surface area contributed by atoms with E-state index in [1.54, 1.807) is 5.38 Å². The summed E-state index contributed by atoms with van der Waals surface area (Å²) in [4.78, 5) is 40.0. The number of alkyl carbamates (subject to hydrolysis) is 1. The van der Waals surface area contributed by atoms with E-state index in [2.05, 4.69) is 39.9 Å². The predicted molar refractivity (Wildman–Crippen MR) is 126 cm³/mol. The van der Waals surface area contributed by atoms with Crippen molar-refractivity contribution < 1.29 is 24.2 Å². The van der Waals surface area contributed by atoms with Gasteiger partial charge in [0, 0.05) is 11.3 Å². The van der Waals surface area contributed by atoms with Gasteiger partial charge in [0.05, 0.1) is 18.5 Å². The third-order valence-electron chi connectivity index (χ3n) is 6.23. The standard InChI is InChI=1S/C25H23N3O5S/c29-22(30)11-25(9-10-25)28-23(31)20-14-34-21(27-20)12-26-24(32)33-13-19-17-7-3-1-5-15(17)16-6-2-4-8-18(16)19/h1-8,14,19H,9-13H2,(H,26,32)(H,28,31)(H,29,30). The van der Waals surface area contributed by atoms with Crippen molar-refractivity contribution in [3.8, 4) is 11.1 Å². The summed E-state index contributed by atoms with van der Waals surface area (Å²) in [7, 11) is 0. The van der Waals surface area contributed by atoms with Crippen LogP contribution >= 0.6 is 11.3 Å². The van der Waals surface area contributed by atoms with Crippen LogP contribution in [0, 0.1) is 0 Å². The number of carboxylic acids is 1. The molecule has 5 rings (SSSR count). The molecule has 1 fully saturated rings. The molecule has 0 unspecified atom stereocenters. The molecule has 0 radical (unpaired) electrons. The van der Waals surface area contributed by atoms with Crippen LogP contribution in [-0.4, -0.2) is 40.2 Å². The molecule has 2 aliphatic rings. The van der Waals surface area contributed by atoms with Crippen molar-refractivity contribution in [2.45, 2.75) is 37.3 Å². The SMILES string of the molecule is O=C(O)CC1(NC(=O)c2csc(CNC(=O)OCC3c4ccccc4-c4ccccc43)n2)CC1. The Hall–Kier alpha value is -3.72. The van der Waals surface area contributed by atoms with Crippen LogP contribution in [0.15, 0.2) is 53.9 Å². The van der Waals surface area contributed by atoms with Crippen molar-refractivity contribution in [1.82, 2.24) is 15.6 Å². The van der Waals surface area contributed by atoms with Crippen LogP contribution in [0.3, 0.4) is 0 Å². The lowest BCUT2D eigenvalue weighted by atomic mass is 9.98. The van der Waals surface area contributed by atoms with E-state index in [9.17, 15) is 14.4 Å². The maximum atomic E-state index is 12.4. The molecule has 3 aromatic rings. The van der Waals surface area contributed by atoms with Gasteiger partial charge >= 0.3 is 12.1 Å². The molecule has 2 aliphatic carbocycles. The topological polar surface area (TPSA) is 118 Å². The molecule has 0 aliphatic heterocycles. The Kier molecular flexibility index (Phi) is 5.79. The molecule has 174 valence electrons. The van der Waals surface area contributed by atoms with Crippen molar-refractivity contribution in [2.24, 2.45) is 0 Å². The number of carbonyl (C=O) groups is 3. The van der Waals surface area contributed by atoms with E-state index in [1.807, 2.05) is 24.3 Å². The van der Waals surface area contributed by atoms with Crippen LogP contribution in [0.25, 0.3) is 11.1 Å². The first-order valence-electron chi connectivity index (χ1n) is 11.0. The molecule has 0 spiro atoms. The smallest absolute Gasteiger partial charge is 0.407 e. The van der Waals surface area contributed by atoms with Crippen LogP contribution in [0.4, 0.5) is 4.79 Å². The fourth-order valence-electron chi connectivity index (χ4n) is 4.38. The van der Waals surface area contributed by atoms with Crippen LogP contribution in [0.5, 0.6) is 0 Å². The number of hydrogen-bond donors (Lipinski definition) is 3. The van der Waals surface area contributed by atoms with Crippen LogP contribution in [0.1, 0.15) is 51.8 Å². The fraction of sp³-hybridized carbons (Fsp3) is 0.280.